The van der Waals surface area contributed by atoms with Crippen molar-refractivity contribution in [3.63, 3.8) is 0 Å². The minimum atomic E-state index is 0.158. The second kappa shape index (κ2) is 8.78. The zero-order chi connectivity index (χ0) is 20.4. The van der Waals surface area contributed by atoms with Gasteiger partial charge in [0.15, 0.2) is 0 Å². The first-order chi connectivity index (χ1) is 14.0. The lowest BCUT2D eigenvalue weighted by Crippen LogP contribution is -2.20. The monoisotopic (exact) mass is 471 g/mol. The molecule has 150 valence electrons. The summed E-state index contributed by atoms with van der Waals surface area (Å²) in [7, 11) is 1.68. The Morgan fingerprint density at radius 3 is 2.38 bits per heavy atom. The largest absolute Gasteiger partial charge is 0.508 e. The van der Waals surface area contributed by atoms with Crippen molar-refractivity contribution in [3.05, 3.63) is 92.9 Å². The second-order valence-electron chi connectivity index (χ2n) is 7.48. The van der Waals surface area contributed by atoms with Crippen molar-refractivity contribution in [2.75, 3.05) is 20.2 Å². The van der Waals surface area contributed by atoms with E-state index in [0.717, 1.165) is 35.4 Å². The summed E-state index contributed by atoms with van der Waals surface area (Å²) in [6.07, 6.45) is 0. The number of halogens is 2. The molecule has 1 N–H and O–H groups in total. The van der Waals surface area contributed by atoms with Crippen LogP contribution >= 0.6 is 27.5 Å². The molecule has 0 aromatic heterocycles. The Bertz CT molecular complexity index is 992. The first-order valence-corrected chi connectivity index (χ1v) is 10.8. The number of aromatic hydroxyl groups is 1. The van der Waals surface area contributed by atoms with Crippen LogP contribution < -0.4 is 4.74 Å². The lowest BCUT2D eigenvalue weighted by molar-refractivity contribution is 0.323. The number of benzene rings is 3. The summed E-state index contributed by atoms with van der Waals surface area (Å²) in [5.74, 6) is 1.59. The molecule has 3 aromatic rings. The van der Waals surface area contributed by atoms with E-state index in [1.807, 2.05) is 24.3 Å². The predicted molar refractivity (Wildman–Crippen MR) is 121 cm³/mol. The fourth-order valence-corrected chi connectivity index (χ4v) is 4.99. The lowest BCUT2D eigenvalue weighted by atomic mass is 9.84. The van der Waals surface area contributed by atoms with Crippen LogP contribution in [0.1, 0.15) is 28.5 Å². The van der Waals surface area contributed by atoms with Gasteiger partial charge in [-0.25, -0.2) is 0 Å². The molecule has 0 amide bonds. The number of phenols is 1. The highest BCUT2D eigenvalue weighted by atomic mass is 79.9. The van der Waals surface area contributed by atoms with Crippen LogP contribution in [0.2, 0.25) is 5.02 Å². The maximum Gasteiger partial charge on any atom is 0.119 e. The Balaban J connectivity index is 1.65. The Morgan fingerprint density at radius 2 is 1.69 bits per heavy atom. The van der Waals surface area contributed by atoms with E-state index in [0.29, 0.717) is 10.8 Å². The van der Waals surface area contributed by atoms with Gasteiger partial charge in [0, 0.05) is 46.5 Å². The fourth-order valence-electron chi connectivity index (χ4n) is 4.23. The number of ether oxygens (including phenoxy) is 1. The molecule has 1 heterocycles. The van der Waals surface area contributed by atoms with E-state index in [2.05, 4.69) is 51.2 Å². The van der Waals surface area contributed by atoms with Crippen molar-refractivity contribution in [2.24, 2.45) is 0 Å². The van der Waals surface area contributed by atoms with Crippen LogP contribution in [0.5, 0.6) is 11.5 Å². The Kier molecular flexibility index (Phi) is 6.14. The van der Waals surface area contributed by atoms with Gasteiger partial charge in [-0.15, -0.1) is 0 Å². The van der Waals surface area contributed by atoms with Crippen LogP contribution in [0, 0.1) is 0 Å². The Hall–Kier alpha value is -2.01. The van der Waals surface area contributed by atoms with Gasteiger partial charge in [-0.3, -0.25) is 4.90 Å². The summed E-state index contributed by atoms with van der Waals surface area (Å²) in [6, 6.07) is 21.9. The summed E-state index contributed by atoms with van der Waals surface area (Å²) >= 11 is 9.99. The van der Waals surface area contributed by atoms with E-state index in [1.165, 1.54) is 11.1 Å². The molecule has 4 rings (SSSR count). The molecular weight excluding hydrogens is 450 g/mol. The summed E-state index contributed by atoms with van der Waals surface area (Å²) in [5.41, 5.74) is 3.41. The highest BCUT2D eigenvalue weighted by molar-refractivity contribution is 9.10. The molecule has 3 nitrogen and oxygen atoms in total. The summed E-state index contributed by atoms with van der Waals surface area (Å²) in [4.78, 5) is 2.44. The van der Waals surface area contributed by atoms with Crippen molar-refractivity contribution in [1.82, 2.24) is 4.90 Å². The molecule has 1 unspecified atom stereocenters. The molecule has 2 atom stereocenters. The van der Waals surface area contributed by atoms with Crippen molar-refractivity contribution >= 4 is 27.5 Å². The number of nitrogens with zero attached hydrogens (tertiary/aromatic N) is 1. The van der Waals surface area contributed by atoms with E-state index in [1.54, 1.807) is 19.2 Å². The highest BCUT2D eigenvalue weighted by Gasteiger charge is 2.37. The average molecular weight is 473 g/mol. The third-order valence-electron chi connectivity index (χ3n) is 5.65. The third kappa shape index (κ3) is 4.45. The molecule has 0 aliphatic carbocycles. The van der Waals surface area contributed by atoms with Crippen LogP contribution in [0.25, 0.3) is 0 Å². The maximum atomic E-state index is 10.6. The van der Waals surface area contributed by atoms with Crippen molar-refractivity contribution in [3.8, 4) is 11.5 Å². The number of likely N-dealkylation sites (tertiary alicyclic amines) is 1. The van der Waals surface area contributed by atoms with E-state index in [-0.39, 0.29) is 11.8 Å². The topological polar surface area (TPSA) is 32.7 Å². The van der Waals surface area contributed by atoms with Crippen LogP contribution in [-0.4, -0.2) is 30.2 Å². The second-order valence-corrected chi connectivity index (χ2v) is 8.77. The molecule has 1 aliphatic rings. The first-order valence-electron chi connectivity index (χ1n) is 9.63. The molecule has 1 fully saturated rings. The number of phenolic OH excluding ortho intramolecular Hbond substituents is 1. The fraction of sp³-hybridized carbons (Fsp3) is 0.250. The number of hydrogen-bond donors (Lipinski definition) is 1. The van der Waals surface area contributed by atoms with Gasteiger partial charge in [0.1, 0.15) is 11.5 Å². The smallest absolute Gasteiger partial charge is 0.119 e. The van der Waals surface area contributed by atoms with Gasteiger partial charge >= 0.3 is 0 Å². The maximum absolute atomic E-state index is 10.6. The molecule has 0 spiro atoms. The summed E-state index contributed by atoms with van der Waals surface area (Å²) < 4.78 is 6.37. The zero-order valence-corrected chi connectivity index (χ0v) is 18.5. The molecular formula is C24H23BrClNO2. The van der Waals surface area contributed by atoms with Gasteiger partial charge < -0.3 is 9.84 Å². The minimum absolute atomic E-state index is 0.158. The van der Waals surface area contributed by atoms with Gasteiger partial charge in [0.2, 0.25) is 0 Å². The number of rotatable bonds is 5. The number of hydrogen-bond acceptors (Lipinski definition) is 3. The predicted octanol–water partition coefficient (Wildman–Crippen LogP) is 6.20. The summed E-state index contributed by atoms with van der Waals surface area (Å²) in [6.45, 7) is 2.61. The zero-order valence-electron chi connectivity index (χ0n) is 16.2. The molecule has 29 heavy (non-hydrogen) atoms. The van der Waals surface area contributed by atoms with Gasteiger partial charge in [0.25, 0.3) is 0 Å². The van der Waals surface area contributed by atoms with E-state index in [9.17, 15) is 5.11 Å². The van der Waals surface area contributed by atoms with Crippen molar-refractivity contribution < 1.29 is 9.84 Å². The molecule has 3 aromatic carbocycles. The standard InChI is InChI=1S/C24H23BrClNO2/c1-29-18-9-6-16(7-10-18)13-27-14-21(19-4-2-3-5-23(19)25)22(15-27)20-12-17(26)8-11-24(20)28/h2-12,21-22,28H,13-15H2,1H3/t21-,22?/m1/s1. The van der Waals surface area contributed by atoms with E-state index < -0.39 is 0 Å². The van der Waals surface area contributed by atoms with Gasteiger partial charge in [-0.05, 0) is 47.5 Å². The molecule has 0 radical (unpaired) electrons. The van der Waals surface area contributed by atoms with Crippen LogP contribution in [0.4, 0.5) is 0 Å². The van der Waals surface area contributed by atoms with E-state index >= 15 is 0 Å². The van der Waals surface area contributed by atoms with Crippen LogP contribution in [-0.2, 0) is 6.54 Å². The molecule has 1 saturated heterocycles. The van der Waals surface area contributed by atoms with Crippen LogP contribution in [0.3, 0.4) is 0 Å². The number of methoxy groups -OCH3 is 1. The van der Waals surface area contributed by atoms with Gasteiger partial charge in [0.05, 0.1) is 7.11 Å². The highest BCUT2D eigenvalue weighted by Crippen LogP contribution is 2.45. The van der Waals surface area contributed by atoms with Crippen LogP contribution in [0.15, 0.2) is 71.2 Å². The quantitative estimate of drug-likeness (QED) is 0.480. The Labute approximate surface area is 185 Å². The molecule has 0 bridgehead atoms. The van der Waals surface area contributed by atoms with Crippen molar-refractivity contribution in [2.45, 2.75) is 18.4 Å². The van der Waals surface area contributed by atoms with Gasteiger partial charge in [-0.2, -0.15) is 0 Å². The first kappa shape index (κ1) is 20.3. The van der Waals surface area contributed by atoms with E-state index in [4.69, 9.17) is 16.3 Å². The lowest BCUT2D eigenvalue weighted by Gasteiger charge is -2.21. The molecule has 0 saturated carbocycles. The van der Waals surface area contributed by atoms with Crippen molar-refractivity contribution in [1.29, 1.82) is 0 Å². The molecule has 1 aliphatic heterocycles. The SMILES string of the molecule is COc1ccc(CN2CC(c3cc(Cl)ccc3O)[C@@H](c3ccccc3Br)C2)cc1. The normalized spacial score (nSPS) is 19.4. The average Bonchev–Trinajstić information content (AvgIpc) is 3.14. The minimum Gasteiger partial charge on any atom is -0.508 e. The summed E-state index contributed by atoms with van der Waals surface area (Å²) in [5, 5.41) is 11.2. The molecule has 5 heteroatoms. The third-order valence-corrected chi connectivity index (χ3v) is 6.61. The Morgan fingerprint density at radius 1 is 1.00 bits per heavy atom. The van der Waals surface area contributed by atoms with Gasteiger partial charge in [-0.1, -0.05) is 57.9 Å².